The quantitative estimate of drug-likeness (QED) is 0.300. The van der Waals surface area contributed by atoms with Crippen molar-refractivity contribution in [2.24, 2.45) is 11.7 Å². The molecule has 142 valence electrons. The number of hydrogen-bond donors (Lipinski definition) is 1. The molecule has 2 unspecified atom stereocenters. The van der Waals surface area contributed by atoms with E-state index in [-0.39, 0.29) is 5.78 Å². The molecule has 0 aliphatic rings. The number of terminal acetylenes is 1. The second kappa shape index (κ2) is 20.2. The number of unbranched alkanes of at least 4 members (excludes halogenated alkanes) is 11. The molecule has 2 N–H and O–H groups in total. The molecule has 0 radical (unpaired) electrons. The predicted molar refractivity (Wildman–Crippen MR) is 108 cm³/mol. The van der Waals surface area contributed by atoms with Gasteiger partial charge in [-0.3, -0.25) is 0 Å². The molecule has 0 aromatic heterocycles. The van der Waals surface area contributed by atoms with E-state index in [0.717, 1.165) is 6.42 Å². The summed E-state index contributed by atoms with van der Waals surface area (Å²) < 4.78 is 0. The van der Waals surface area contributed by atoms with Crippen LogP contribution < -0.4 is 5.73 Å². The average molecular weight is 338 g/mol. The van der Waals surface area contributed by atoms with Gasteiger partial charge in [-0.05, 0) is 39.5 Å². The molecule has 0 aliphatic carbocycles. The first-order chi connectivity index (χ1) is 11.4. The van der Waals surface area contributed by atoms with Crippen molar-refractivity contribution in [2.75, 3.05) is 0 Å². The third-order valence-corrected chi connectivity index (χ3v) is 4.38. The van der Waals surface area contributed by atoms with E-state index in [9.17, 15) is 4.79 Å². The fourth-order valence-electron chi connectivity index (χ4n) is 2.55. The topological polar surface area (TPSA) is 43.1 Å². The molecule has 0 aromatic carbocycles. The number of rotatable bonds is 14. The Labute approximate surface area is 152 Å². The Hall–Kier alpha value is -0.810. The SMILES string of the molecule is C#CCCCCCCCCCCCCCC(C)C(C)N.CC(C)=O. The molecule has 0 spiro atoms. The van der Waals surface area contributed by atoms with Crippen molar-refractivity contribution in [3.8, 4) is 12.3 Å². The first-order valence-electron chi connectivity index (χ1n) is 10.1. The monoisotopic (exact) mass is 337 g/mol. The lowest BCUT2D eigenvalue weighted by molar-refractivity contribution is -0.114. The first-order valence-corrected chi connectivity index (χ1v) is 10.1. The van der Waals surface area contributed by atoms with E-state index >= 15 is 0 Å². The molecule has 0 heterocycles. The highest BCUT2D eigenvalue weighted by molar-refractivity contribution is 5.72. The van der Waals surface area contributed by atoms with E-state index in [1.165, 1.54) is 90.9 Å². The smallest absolute Gasteiger partial charge is 0.126 e. The number of carbonyl (C=O) groups excluding carboxylic acids is 1. The van der Waals surface area contributed by atoms with Crippen LogP contribution in [0, 0.1) is 18.3 Å². The summed E-state index contributed by atoms with van der Waals surface area (Å²) in [6.07, 6.45) is 22.6. The fraction of sp³-hybridized carbons (Fsp3) is 0.864. The summed E-state index contributed by atoms with van der Waals surface area (Å²) in [6.45, 7) is 7.45. The van der Waals surface area contributed by atoms with Gasteiger partial charge in [-0.25, -0.2) is 0 Å². The van der Waals surface area contributed by atoms with Gasteiger partial charge in [-0.2, -0.15) is 0 Å². The molecule has 0 bridgehead atoms. The molecule has 24 heavy (non-hydrogen) atoms. The first kappa shape index (κ1) is 25.4. The van der Waals surface area contributed by atoms with Crippen LogP contribution in [0.25, 0.3) is 0 Å². The summed E-state index contributed by atoms with van der Waals surface area (Å²) in [5, 5.41) is 0. The minimum atomic E-state index is 0.167. The van der Waals surface area contributed by atoms with Gasteiger partial charge in [-0.1, -0.05) is 71.1 Å². The van der Waals surface area contributed by atoms with Gasteiger partial charge in [-0.15, -0.1) is 12.3 Å². The van der Waals surface area contributed by atoms with Gasteiger partial charge in [0.2, 0.25) is 0 Å². The highest BCUT2D eigenvalue weighted by Gasteiger charge is 2.06. The lowest BCUT2D eigenvalue weighted by Crippen LogP contribution is -2.23. The van der Waals surface area contributed by atoms with Gasteiger partial charge in [0, 0.05) is 12.5 Å². The summed E-state index contributed by atoms with van der Waals surface area (Å²) in [4.78, 5) is 9.44. The van der Waals surface area contributed by atoms with Crippen LogP contribution in [0.1, 0.15) is 111 Å². The summed E-state index contributed by atoms with van der Waals surface area (Å²) in [5.41, 5.74) is 5.87. The highest BCUT2D eigenvalue weighted by atomic mass is 16.1. The van der Waals surface area contributed by atoms with Crippen molar-refractivity contribution in [3.63, 3.8) is 0 Å². The normalized spacial score (nSPS) is 12.7. The number of hydrogen-bond acceptors (Lipinski definition) is 2. The molecule has 0 aromatic rings. The molecule has 2 heteroatoms. The molecular formula is C22H43NO. The van der Waals surface area contributed by atoms with Crippen LogP contribution in [0.3, 0.4) is 0 Å². The second-order valence-electron chi connectivity index (χ2n) is 7.38. The number of nitrogens with two attached hydrogens (primary N) is 1. The molecule has 2 atom stereocenters. The summed E-state index contributed by atoms with van der Waals surface area (Å²) >= 11 is 0. The molecule has 0 aliphatic heterocycles. The van der Waals surface area contributed by atoms with Crippen LogP contribution in [0.4, 0.5) is 0 Å². The van der Waals surface area contributed by atoms with Crippen LogP contribution in [0.15, 0.2) is 0 Å². The van der Waals surface area contributed by atoms with Gasteiger partial charge in [0.1, 0.15) is 5.78 Å². The molecule has 0 rings (SSSR count). The van der Waals surface area contributed by atoms with Crippen molar-refractivity contribution in [3.05, 3.63) is 0 Å². The van der Waals surface area contributed by atoms with E-state index < -0.39 is 0 Å². The van der Waals surface area contributed by atoms with E-state index in [1.54, 1.807) is 0 Å². The largest absolute Gasteiger partial charge is 0.328 e. The van der Waals surface area contributed by atoms with E-state index in [2.05, 4.69) is 19.8 Å². The number of carbonyl (C=O) groups is 1. The zero-order chi connectivity index (χ0) is 18.6. The molecule has 0 amide bonds. The van der Waals surface area contributed by atoms with Gasteiger partial charge in [0.15, 0.2) is 0 Å². The van der Waals surface area contributed by atoms with Crippen molar-refractivity contribution < 1.29 is 4.79 Å². The van der Waals surface area contributed by atoms with E-state index in [0.29, 0.717) is 12.0 Å². The maximum Gasteiger partial charge on any atom is 0.126 e. The minimum Gasteiger partial charge on any atom is -0.328 e. The zero-order valence-corrected chi connectivity index (χ0v) is 16.9. The Kier molecular flexibility index (Phi) is 21.4. The molecule has 0 saturated carbocycles. The van der Waals surface area contributed by atoms with Crippen molar-refractivity contribution >= 4 is 5.78 Å². The molecule has 0 saturated heterocycles. The maximum atomic E-state index is 9.44. The Morgan fingerprint density at radius 3 is 1.50 bits per heavy atom. The van der Waals surface area contributed by atoms with Gasteiger partial charge < -0.3 is 10.5 Å². The van der Waals surface area contributed by atoms with Crippen LogP contribution in [-0.2, 0) is 4.79 Å². The lowest BCUT2D eigenvalue weighted by atomic mass is 9.96. The Morgan fingerprint density at radius 2 is 1.17 bits per heavy atom. The van der Waals surface area contributed by atoms with E-state index in [4.69, 9.17) is 12.2 Å². The number of Topliss-reactive ketones (excluding diaryl/α,β-unsaturated/α-hetero) is 1. The molecule has 2 nitrogen and oxygen atoms in total. The average Bonchev–Trinajstić information content (AvgIpc) is 2.51. The minimum absolute atomic E-state index is 0.167. The van der Waals surface area contributed by atoms with Gasteiger partial charge >= 0.3 is 0 Å². The third-order valence-electron chi connectivity index (χ3n) is 4.38. The van der Waals surface area contributed by atoms with Crippen LogP contribution in [0.2, 0.25) is 0 Å². The van der Waals surface area contributed by atoms with Crippen molar-refractivity contribution in [2.45, 2.75) is 117 Å². The highest BCUT2D eigenvalue weighted by Crippen LogP contribution is 2.15. The van der Waals surface area contributed by atoms with E-state index in [1.807, 2.05) is 0 Å². The third kappa shape index (κ3) is 26.1. The lowest BCUT2D eigenvalue weighted by Gasteiger charge is -2.14. The predicted octanol–water partition coefficient (Wildman–Crippen LogP) is 6.27. The Balaban J connectivity index is 0. The second-order valence-corrected chi connectivity index (χ2v) is 7.38. The number of ketones is 1. The van der Waals surface area contributed by atoms with Gasteiger partial charge in [0.05, 0.1) is 0 Å². The molecular weight excluding hydrogens is 294 g/mol. The van der Waals surface area contributed by atoms with Crippen molar-refractivity contribution in [1.82, 2.24) is 0 Å². The van der Waals surface area contributed by atoms with Crippen LogP contribution >= 0.6 is 0 Å². The van der Waals surface area contributed by atoms with Gasteiger partial charge in [0.25, 0.3) is 0 Å². The Bertz CT molecular complexity index is 300. The maximum absolute atomic E-state index is 9.44. The van der Waals surface area contributed by atoms with Crippen LogP contribution in [0.5, 0.6) is 0 Å². The Morgan fingerprint density at radius 1 is 0.833 bits per heavy atom. The summed E-state index contributed by atoms with van der Waals surface area (Å²) in [6, 6.07) is 0.357. The van der Waals surface area contributed by atoms with Crippen molar-refractivity contribution in [1.29, 1.82) is 0 Å². The zero-order valence-electron chi connectivity index (χ0n) is 16.9. The van der Waals surface area contributed by atoms with Crippen LogP contribution in [-0.4, -0.2) is 11.8 Å². The fourth-order valence-corrected chi connectivity index (χ4v) is 2.55. The molecule has 0 fully saturated rings. The standard InChI is InChI=1S/C19H37N.C3H6O/c1-4-5-6-7-8-9-10-11-12-13-14-15-16-17-18(2)19(3)20;1-3(2)4/h1,18-19H,5-17,20H2,2-3H3;1-2H3. The summed E-state index contributed by atoms with van der Waals surface area (Å²) in [5.74, 6) is 3.56. The summed E-state index contributed by atoms with van der Waals surface area (Å²) in [7, 11) is 0.